The number of phenolic OH excluding ortho intramolecular Hbond substituents is 1. The van der Waals surface area contributed by atoms with E-state index in [-0.39, 0.29) is 5.75 Å². The zero-order valence-corrected chi connectivity index (χ0v) is 6.86. The molecule has 4 heteroatoms. The van der Waals surface area contributed by atoms with Crippen LogP contribution in [-0.2, 0) is 0 Å². The predicted molar refractivity (Wildman–Crippen MR) is 50.0 cm³/mol. The van der Waals surface area contributed by atoms with Gasteiger partial charge in [0.2, 0.25) is 0 Å². The number of H-pyrrole nitrogens is 1. The Morgan fingerprint density at radius 1 is 1.15 bits per heavy atom. The lowest BCUT2D eigenvalue weighted by Crippen LogP contribution is -1.86. The molecule has 1 heterocycles. The quantitative estimate of drug-likeness (QED) is 0.610. The van der Waals surface area contributed by atoms with Crippen molar-refractivity contribution in [1.29, 1.82) is 0 Å². The van der Waals surface area contributed by atoms with E-state index in [2.05, 4.69) is 15.5 Å². The summed E-state index contributed by atoms with van der Waals surface area (Å²) in [5, 5.41) is 18.6. The molecular formula is C9H9N3O. The van der Waals surface area contributed by atoms with Gasteiger partial charge in [0.05, 0.1) is 11.9 Å². The van der Waals surface area contributed by atoms with Crippen molar-refractivity contribution < 1.29 is 5.11 Å². The van der Waals surface area contributed by atoms with Crippen molar-refractivity contribution in [2.75, 3.05) is 5.32 Å². The van der Waals surface area contributed by atoms with E-state index in [4.69, 9.17) is 5.11 Å². The third-order valence-corrected chi connectivity index (χ3v) is 1.65. The van der Waals surface area contributed by atoms with Crippen molar-refractivity contribution in [2.24, 2.45) is 0 Å². The second-order valence-corrected chi connectivity index (χ2v) is 2.66. The second-order valence-electron chi connectivity index (χ2n) is 2.66. The molecule has 13 heavy (non-hydrogen) atoms. The summed E-state index contributed by atoms with van der Waals surface area (Å²) in [6, 6.07) is 6.84. The maximum Gasteiger partial charge on any atom is 0.115 e. The van der Waals surface area contributed by atoms with E-state index in [1.807, 2.05) is 0 Å². The molecule has 0 amide bonds. The maximum absolute atomic E-state index is 9.04. The molecular weight excluding hydrogens is 166 g/mol. The molecule has 0 unspecified atom stereocenters. The lowest BCUT2D eigenvalue weighted by Gasteiger charge is -2.01. The average molecular weight is 175 g/mol. The summed E-state index contributed by atoms with van der Waals surface area (Å²) in [5.41, 5.74) is 1.81. The first-order valence-electron chi connectivity index (χ1n) is 3.89. The molecule has 0 spiro atoms. The number of phenols is 1. The Morgan fingerprint density at radius 2 is 1.92 bits per heavy atom. The van der Waals surface area contributed by atoms with Gasteiger partial charge in [-0.25, -0.2) is 0 Å². The van der Waals surface area contributed by atoms with Crippen LogP contribution in [-0.4, -0.2) is 15.3 Å². The van der Waals surface area contributed by atoms with E-state index in [1.165, 1.54) is 0 Å². The zero-order chi connectivity index (χ0) is 9.10. The number of aromatic hydroxyl groups is 1. The lowest BCUT2D eigenvalue weighted by atomic mass is 10.3. The van der Waals surface area contributed by atoms with Crippen LogP contribution < -0.4 is 5.32 Å². The van der Waals surface area contributed by atoms with Gasteiger partial charge in [0.15, 0.2) is 0 Å². The van der Waals surface area contributed by atoms with Gasteiger partial charge >= 0.3 is 0 Å². The Morgan fingerprint density at radius 3 is 2.54 bits per heavy atom. The third-order valence-electron chi connectivity index (χ3n) is 1.65. The van der Waals surface area contributed by atoms with Crippen molar-refractivity contribution in [3.63, 3.8) is 0 Å². The first-order chi connectivity index (χ1) is 6.34. The minimum atomic E-state index is 0.262. The smallest absolute Gasteiger partial charge is 0.115 e. The van der Waals surface area contributed by atoms with Crippen LogP contribution in [0.2, 0.25) is 0 Å². The van der Waals surface area contributed by atoms with E-state index in [0.717, 1.165) is 11.4 Å². The Kier molecular flexibility index (Phi) is 1.88. The van der Waals surface area contributed by atoms with E-state index < -0.39 is 0 Å². The van der Waals surface area contributed by atoms with Gasteiger partial charge in [-0.15, -0.1) is 0 Å². The van der Waals surface area contributed by atoms with Crippen LogP contribution in [0.1, 0.15) is 0 Å². The van der Waals surface area contributed by atoms with Crippen LogP contribution in [0.4, 0.5) is 11.4 Å². The monoisotopic (exact) mass is 175 g/mol. The number of benzene rings is 1. The average Bonchev–Trinajstić information content (AvgIpc) is 2.62. The molecule has 2 aromatic rings. The fourth-order valence-electron chi connectivity index (χ4n) is 1.03. The van der Waals surface area contributed by atoms with Gasteiger partial charge in [0.1, 0.15) is 5.75 Å². The van der Waals surface area contributed by atoms with Crippen molar-refractivity contribution in [3.05, 3.63) is 36.7 Å². The number of hydrogen-bond donors (Lipinski definition) is 3. The van der Waals surface area contributed by atoms with Gasteiger partial charge in [-0.1, -0.05) is 0 Å². The molecule has 2 rings (SSSR count). The molecule has 0 atom stereocenters. The largest absolute Gasteiger partial charge is 0.508 e. The topological polar surface area (TPSA) is 60.9 Å². The summed E-state index contributed by atoms with van der Waals surface area (Å²) in [6.45, 7) is 0. The first kappa shape index (κ1) is 7.67. The van der Waals surface area contributed by atoms with Gasteiger partial charge in [-0.3, -0.25) is 5.10 Å². The molecule has 1 aromatic heterocycles. The standard InChI is InChI=1S/C9H9N3O/c13-9-3-1-7(2-4-9)12-8-5-10-11-6-8/h1-6,12-13H,(H,10,11). The summed E-state index contributed by atoms with van der Waals surface area (Å²) in [4.78, 5) is 0. The molecule has 0 saturated heterocycles. The van der Waals surface area contributed by atoms with E-state index in [9.17, 15) is 0 Å². The zero-order valence-electron chi connectivity index (χ0n) is 6.86. The minimum absolute atomic E-state index is 0.262. The highest BCUT2D eigenvalue weighted by Crippen LogP contribution is 2.17. The van der Waals surface area contributed by atoms with E-state index in [0.29, 0.717) is 0 Å². The molecule has 0 aliphatic rings. The Labute approximate surface area is 75.2 Å². The molecule has 0 fully saturated rings. The molecule has 0 radical (unpaired) electrons. The predicted octanol–water partition coefficient (Wildman–Crippen LogP) is 1.86. The molecule has 66 valence electrons. The molecule has 4 nitrogen and oxygen atoms in total. The number of aromatic amines is 1. The third kappa shape index (κ3) is 1.79. The highest BCUT2D eigenvalue weighted by molar-refractivity contribution is 5.58. The summed E-state index contributed by atoms with van der Waals surface area (Å²) >= 11 is 0. The molecule has 1 aromatic carbocycles. The Bertz CT molecular complexity index is 366. The fourth-order valence-corrected chi connectivity index (χ4v) is 1.03. The number of nitrogens with one attached hydrogen (secondary N) is 2. The number of nitrogens with zero attached hydrogens (tertiary/aromatic N) is 1. The van der Waals surface area contributed by atoms with Crippen LogP contribution in [0.5, 0.6) is 5.75 Å². The highest BCUT2D eigenvalue weighted by Gasteiger charge is 1.94. The summed E-state index contributed by atoms with van der Waals surface area (Å²) < 4.78 is 0. The first-order valence-corrected chi connectivity index (χ1v) is 3.89. The van der Waals surface area contributed by atoms with Crippen LogP contribution >= 0.6 is 0 Å². The number of hydrogen-bond acceptors (Lipinski definition) is 3. The fraction of sp³-hybridized carbons (Fsp3) is 0. The van der Waals surface area contributed by atoms with Gasteiger partial charge in [-0.2, -0.15) is 5.10 Å². The summed E-state index contributed by atoms with van der Waals surface area (Å²) in [7, 11) is 0. The van der Waals surface area contributed by atoms with Crippen molar-refractivity contribution in [3.8, 4) is 5.75 Å². The molecule has 0 bridgehead atoms. The number of rotatable bonds is 2. The summed E-state index contributed by atoms with van der Waals surface area (Å²) in [5.74, 6) is 0.262. The lowest BCUT2D eigenvalue weighted by molar-refractivity contribution is 0.475. The van der Waals surface area contributed by atoms with Crippen molar-refractivity contribution >= 4 is 11.4 Å². The highest BCUT2D eigenvalue weighted by atomic mass is 16.3. The van der Waals surface area contributed by atoms with Crippen LogP contribution in [0.25, 0.3) is 0 Å². The van der Waals surface area contributed by atoms with E-state index in [1.54, 1.807) is 36.7 Å². The van der Waals surface area contributed by atoms with Crippen LogP contribution in [0.3, 0.4) is 0 Å². The molecule has 0 saturated carbocycles. The van der Waals surface area contributed by atoms with Gasteiger partial charge in [0.25, 0.3) is 0 Å². The van der Waals surface area contributed by atoms with E-state index >= 15 is 0 Å². The second kappa shape index (κ2) is 3.18. The minimum Gasteiger partial charge on any atom is -0.508 e. The number of anilines is 2. The van der Waals surface area contributed by atoms with Crippen molar-refractivity contribution in [1.82, 2.24) is 10.2 Å². The molecule has 0 aliphatic heterocycles. The maximum atomic E-state index is 9.04. The van der Waals surface area contributed by atoms with Gasteiger partial charge < -0.3 is 10.4 Å². The van der Waals surface area contributed by atoms with Crippen LogP contribution in [0.15, 0.2) is 36.7 Å². The SMILES string of the molecule is Oc1ccc(Nc2cn[nH]c2)cc1. The van der Waals surface area contributed by atoms with Gasteiger partial charge in [0, 0.05) is 11.9 Å². The number of aromatic nitrogens is 2. The normalized spacial score (nSPS) is 9.85. The van der Waals surface area contributed by atoms with Crippen molar-refractivity contribution in [2.45, 2.75) is 0 Å². The van der Waals surface area contributed by atoms with Gasteiger partial charge in [-0.05, 0) is 24.3 Å². The Hall–Kier alpha value is -1.97. The molecule has 3 N–H and O–H groups in total. The molecule has 0 aliphatic carbocycles. The van der Waals surface area contributed by atoms with Crippen LogP contribution in [0, 0.1) is 0 Å². The summed E-state index contributed by atoms with van der Waals surface area (Å²) in [6.07, 6.45) is 3.44. The Balaban J connectivity index is 2.15.